The van der Waals surface area contributed by atoms with E-state index in [-0.39, 0.29) is 22.9 Å². The molecule has 5 nitrogen and oxygen atoms in total. The van der Waals surface area contributed by atoms with Crippen molar-refractivity contribution < 1.29 is 4.79 Å². The molecule has 2 N–H and O–H groups in total. The van der Waals surface area contributed by atoms with Gasteiger partial charge in [0, 0.05) is 10.0 Å². The number of anilines is 1. The van der Waals surface area contributed by atoms with E-state index in [1.807, 2.05) is 54.6 Å². The predicted octanol–water partition coefficient (Wildman–Crippen LogP) is 4.33. The van der Waals surface area contributed by atoms with Crippen LogP contribution in [0.2, 0.25) is 0 Å². The summed E-state index contributed by atoms with van der Waals surface area (Å²) < 4.78 is 1.02. The number of carbonyl (C=O) groups is 1. The van der Waals surface area contributed by atoms with Gasteiger partial charge in [0.25, 0.3) is 0 Å². The molecular weight excluding hydrogens is 412 g/mol. The van der Waals surface area contributed by atoms with Crippen molar-refractivity contribution in [3.63, 3.8) is 0 Å². The van der Waals surface area contributed by atoms with Crippen LogP contribution in [-0.2, 0) is 0 Å². The van der Waals surface area contributed by atoms with Gasteiger partial charge in [-0.2, -0.15) is 5.26 Å². The molecule has 7 heteroatoms. The fourth-order valence-corrected chi connectivity index (χ4v) is 3.22. The second kappa shape index (κ2) is 8.13. The van der Waals surface area contributed by atoms with Crippen molar-refractivity contribution in [3.8, 4) is 17.2 Å². The standard InChI is InChI=1S/C19H13BrN4OS/c20-16-7-5-13(6-8-16)12-1-3-14(4-2-12)17(25)11-26-19-23-10-15(9-21)18(22)24-19/h1-8,10H,11H2,(H2,22,23,24). The second-order valence-electron chi connectivity index (χ2n) is 5.36. The number of nitrogens with zero attached hydrogens (tertiary/aromatic N) is 3. The number of nitrogens with two attached hydrogens (primary N) is 1. The van der Waals surface area contributed by atoms with E-state index in [2.05, 4.69) is 25.9 Å². The molecule has 0 radical (unpaired) electrons. The minimum atomic E-state index is -0.0242. The molecule has 0 atom stereocenters. The first-order valence-electron chi connectivity index (χ1n) is 7.61. The molecule has 0 unspecified atom stereocenters. The van der Waals surface area contributed by atoms with Gasteiger partial charge >= 0.3 is 0 Å². The molecule has 0 amide bonds. The van der Waals surface area contributed by atoms with Crippen molar-refractivity contribution in [1.29, 1.82) is 5.26 Å². The number of ketones is 1. The quantitative estimate of drug-likeness (QED) is 0.372. The maximum atomic E-state index is 12.4. The highest BCUT2D eigenvalue weighted by molar-refractivity contribution is 9.10. The third-order valence-electron chi connectivity index (χ3n) is 3.63. The van der Waals surface area contributed by atoms with E-state index in [9.17, 15) is 4.79 Å². The lowest BCUT2D eigenvalue weighted by Gasteiger charge is -2.05. The number of hydrogen-bond acceptors (Lipinski definition) is 6. The van der Waals surface area contributed by atoms with Crippen LogP contribution in [0.4, 0.5) is 5.82 Å². The first-order valence-corrected chi connectivity index (χ1v) is 9.39. The lowest BCUT2D eigenvalue weighted by Crippen LogP contribution is -2.04. The van der Waals surface area contributed by atoms with E-state index < -0.39 is 0 Å². The van der Waals surface area contributed by atoms with Gasteiger partial charge in [-0.05, 0) is 23.3 Å². The third-order valence-corrected chi connectivity index (χ3v) is 5.02. The van der Waals surface area contributed by atoms with Crippen LogP contribution in [0.15, 0.2) is 64.4 Å². The molecule has 0 bridgehead atoms. The summed E-state index contributed by atoms with van der Waals surface area (Å²) >= 11 is 4.61. The normalized spacial score (nSPS) is 10.3. The first-order chi connectivity index (χ1) is 12.6. The number of carbonyl (C=O) groups excluding carboxylic acids is 1. The van der Waals surface area contributed by atoms with Gasteiger partial charge in [-0.3, -0.25) is 4.79 Å². The van der Waals surface area contributed by atoms with E-state index in [0.717, 1.165) is 15.6 Å². The van der Waals surface area contributed by atoms with E-state index in [4.69, 9.17) is 11.0 Å². The van der Waals surface area contributed by atoms with Crippen LogP contribution in [0.1, 0.15) is 15.9 Å². The van der Waals surface area contributed by atoms with Gasteiger partial charge in [0.2, 0.25) is 0 Å². The number of Topliss-reactive ketones (excluding diaryl/α,β-unsaturated/α-hetero) is 1. The zero-order valence-corrected chi connectivity index (χ0v) is 15.9. The smallest absolute Gasteiger partial charge is 0.189 e. The minimum Gasteiger partial charge on any atom is -0.382 e. The fourth-order valence-electron chi connectivity index (χ4n) is 2.24. The number of aromatic nitrogens is 2. The summed E-state index contributed by atoms with van der Waals surface area (Å²) in [5.74, 6) is 0.295. The molecule has 0 aliphatic rings. The lowest BCUT2D eigenvalue weighted by atomic mass is 10.0. The van der Waals surface area contributed by atoms with Gasteiger partial charge in [-0.25, -0.2) is 9.97 Å². The second-order valence-corrected chi connectivity index (χ2v) is 7.22. The first kappa shape index (κ1) is 18.1. The van der Waals surface area contributed by atoms with Crippen LogP contribution in [0.3, 0.4) is 0 Å². The molecule has 1 aromatic heterocycles. The number of thioether (sulfide) groups is 1. The number of benzene rings is 2. The summed E-state index contributed by atoms with van der Waals surface area (Å²) in [5, 5.41) is 9.20. The largest absolute Gasteiger partial charge is 0.382 e. The Morgan fingerprint density at radius 1 is 1.12 bits per heavy atom. The molecule has 0 spiro atoms. The molecule has 0 aliphatic carbocycles. The number of halogens is 1. The van der Waals surface area contributed by atoms with E-state index in [0.29, 0.717) is 10.7 Å². The van der Waals surface area contributed by atoms with Crippen molar-refractivity contribution in [2.75, 3.05) is 11.5 Å². The number of hydrogen-bond donors (Lipinski definition) is 1. The number of nitrogen functional groups attached to an aromatic ring is 1. The summed E-state index contributed by atoms with van der Waals surface area (Å²) in [5.41, 5.74) is 8.64. The van der Waals surface area contributed by atoms with Crippen molar-refractivity contribution in [1.82, 2.24) is 9.97 Å². The van der Waals surface area contributed by atoms with E-state index >= 15 is 0 Å². The summed E-state index contributed by atoms with van der Waals surface area (Å²) in [6.45, 7) is 0. The molecule has 1 heterocycles. The van der Waals surface area contributed by atoms with Crippen molar-refractivity contribution in [2.24, 2.45) is 0 Å². The van der Waals surface area contributed by atoms with E-state index in [1.54, 1.807) is 0 Å². The van der Waals surface area contributed by atoms with Crippen molar-refractivity contribution in [3.05, 3.63) is 70.3 Å². The highest BCUT2D eigenvalue weighted by atomic mass is 79.9. The zero-order valence-electron chi connectivity index (χ0n) is 13.5. The van der Waals surface area contributed by atoms with Crippen molar-refractivity contribution in [2.45, 2.75) is 5.16 Å². The molecular formula is C19H13BrN4OS. The minimum absolute atomic E-state index is 0.0242. The number of rotatable bonds is 5. The molecule has 2 aromatic carbocycles. The average molecular weight is 425 g/mol. The van der Waals surface area contributed by atoms with E-state index in [1.165, 1.54) is 18.0 Å². The topological polar surface area (TPSA) is 92.7 Å². The molecule has 3 aromatic rings. The molecule has 0 saturated carbocycles. The Hall–Kier alpha value is -2.69. The van der Waals surface area contributed by atoms with Crippen LogP contribution in [0.5, 0.6) is 0 Å². The highest BCUT2D eigenvalue weighted by Gasteiger charge is 2.10. The molecule has 128 valence electrons. The van der Waals surface area contributed by atoms with Gasteiger partial charge in [0.15, 0.2) is 10.9 Å². The van der Waals surface area contributed by atoms with Crippen LogP contribution >= 0.6 is 27.7 Å². The summed E-state index contributed by atoms with van der Waals surface area (Å²) in [7, 11) is 0. The molecule has 3 rings (SSSR count). The average Bonchev–Trinajstić information content (AvgIpc) is 2.67. The highest BCUT2D eigenvalue weighted by Crippen LogP contribution is 2.23. The van der Waals surface area contributed by atoms with Crippen LogP contribution in [-0.4, -0.2) is 21.5 Å². The van der Waals surface area contributed by atoms with Gasteiger partial charge < -0.3 is 5.73 Å². The maximum Gasteiger partial charge on any atom is 0.189 e. The monoisotopic (exact) mass is 424 g/mol. The Kier molecular flexibility index (Phi) is 5.66. The predicted molar refractivity (Wildman–Crippen MR) is 106 cm³/mol. The zero-order chi connectivity index (χ0) is 18.5. The third kappa shape index (κ3) is 4.28. The Bertz CT molecular complexity index is 982. The van der Waals surface area contributed by atoms with Gasteiger partial charge in [0.05, 0.1) is 11.9 Å². The van der Waals surface area contributed by atoms with Gasteiger partial charge in [0.1, 0.15) is 17.5 Å². The Balaban J connectivity index is 1.66. The molecule has 26 heavy (non-hydrogen) atoms. The summed E-state index contributed by atoms with van der Waals surface area (Å²) in [6, 6.07) is 17.4. The number of nitriles is 1. The molecule has 0 saturated heterocycles. The summed E-state index contributed by atoms with van der Waals surface area (Å²) in [6.07, 6.45) is 1.36. The Morgan fingerprint density at radius 3 is 2.31 bits per heavy atom. The van der Waals surface area contributed by atoms with Crippen LogP contribution < -0.4 is 5.73 Å². The SMILES string of the molecule is N#Cc1cnc(SCC(=O)c2ccc(-c3ccc(Br)cc3)cc2)nc1N. The lowest BCUT2D eigenvalue weighted by molar-refractivity contribution is 0.102. The maximum absolute atomic E-state index is 12.4. The molecule has 0 aliphatic heterocycles. The van der Waals surface area contributed by atoms with Gasteiger partial charge in [-0.15, -0.1) is 0 Å². The van der Waals surface area contributed by atoms with Crippen LogP contribution in [0.25, 0.3) is 11.1 Å². The van der Waals surface area contributed by atoms with Crippen molar-refractivity contribution >= 4 is 39.3 Å². The summed E-state index contributed by atoms with van der Waals surface area (Å²) in [4.78, 5) is 20.4. The Labute approximate surface area is 163 Å². The fraction of sp³-hybridized carbons (Fsp3) is 0.0526. The van der Waals surface area contributed by atoms with Gasteiger partial charge in [-0.1, -0.05) is 64.1 Å². The Morgan fingerprint density at radius 2 is 1.73 bits per heavy atom. The molecule has 0 fully saturated rings. The van der Waals surface area contributed by atoms with Crippen LogP contribution in [0, 0.1) is 11.3 Å².